The van der Waals surface area contributed by atoms with E-state index in [9.17, 15) is 18.0 Å². The van der Waals surface area contributed by atoms with Crippen molar-refractivity contribution in [2.24, 2.45) is 5.92 Å². The monoisotopic (exact) mass is 484 g/mol. The maximum absolute atomic E-state index is 12.9. The molecule has 2 heterocycles. The number of aryl methyl sites for hydroxylation is 1. The third kappa shape index (κ3) is 5.32. The summed E-state index contributed by atoms with van der Waals surface area (Å²) in [6, 6.07) is 14.2. The van der Waals surface area contributed by atoms with Crippen molar-refractivity contribution in [2.45, 2.75) is 31.1 Å². The van der Waals surface area contributed by atoms with E-state index in [4.69, 9.17) is 0 Å². The maximum Gasteiger partial charge on any atom is 0.243 e. The molecule has 0 spiro atoms. The SMILES string of the molecule is CCCc1ccc(N2CC(C(=O)Nc3ccc(S(=O)(=O)N4CCN(C)CC4)cc3)CC2=O)cc1. The van der Waals surface area contributed by atoms with E-state index in [1.54, 1.807) is 17.0 Å². The Kier molecular flexibility index (Phi) is 7.35. The number of benzene rings is 2. The number of carbonyl (C=O) groups excluding carboxylic acids is 2. The lowest BCUT2D eigenvalue weighted by Crippen LogP contribution is -2.46. The topological polar surface area (TPSA) is 90.0 Å². The molecule has 1 unspecified atom stereocenters. The number of piperazine rings is 1. The average molecular weight is 485 g/mol. The van der Waals surface area contributed by atoms with Gasteiger partial charge in [-0.3, -0.25) is 9.59 Å². The number of hydrogen-bond donors (Lipinski definition) is 1. The van der Waals surface area contributed by atoms with Gasteiger partial charge in [0.15, 0.2) is 0 Å². The van der Waals surface area contributed by atoms with Gasteiger partial charge in [-0.1, -0.05) is 25.5 Å². The molecule has 2 aliphatic heterocycles. The zero-order valence-corrected chi connectivity index (χ0v) is 20.6. The third-order valence-electron chi connectivity index (χ3n) is 6.50. The Morgan fingerprint density at radius 2 is 1.65 bits per heavy atom. The number of likely N-dealkylation sites (N-methyl/N-ethyl adjacent to an activating group) is 1. The number of anilines is 2. The molecule has 2 saturated heterocycles. The van der Waals surface area contributed by atoms with Crippen LogP contribution in [0.3, 0.4) is 0 Å². The van der Waals surface area contributed by atoms with Crippen LogP contribution in [0.15, 0.2) is 53.4 Å². The second-order valence-electron chi connectivity index (χ2n) is 9.04. The van der Waals surface area contributed by atoms with Crippen LogP contribution in [0.2, 0.25) is 0 Å². The Balaban J connectivity index is 1.37. The Morgan fingerprint density at radius 3 is 2.26 bits per heavy atom. The fourth-order valence-electron chi connectivity index (χ4n) is 4.40. The van der Waals surface area contributed by atoms with Crippen LogP contribution in [0.4, 0.5) is 11.4 Å². The Bertz CT molecular complexity index is 1120. The molecule has 0 saturated carbocycles. The van der Waals surface area contributed by atoms with Gasteiger partial charge in [-0.15, -0.1) is 0 Å². The summed E-state index contributed by atoms with van der Waals surface area (Å²) in [5, 5.41) is 2.83. The molecule has 0 bridgehead atoms. The summed E-state index contributed by atoms with van der Waals surface area (Å²) in [4.78, 5) is 29.3. The van der Waals surface area contributed by atoms with E-state index in [1.807, 2.05) is 31.3 Å². The molecule has 34 heavy (non-hydrogen) atoms. The molecule has 0 radical (unpaired) electrons. The number of carbonyl (C=O) groups is 2. The Morgan fingerprint density at radius 1 is 1.00 bits per heavy atom. The van der Waals surface area contributed by atoms with Gasteiger partial charge in [0, 0.05) is 50.5 Å². The summed E-state index contributed by atoms with van der Waals surface area (Å²) < 4.78 is 27.3. The van der Waals surface area contributed by atoms with Gasteiger partial charge in [0.05, 0.1) is 10.8 Å². The van der Waals surface area contributed by atoms with E-state index in [1.165, 1.54) is 22.0 Å². The highest BCUT2D eigenvalue weighted by atomic mass is 32.2. The largest absolute Gasteiger partial charge is 0.326 e. The van der Waals surface area contributed by atoms with E-state index in [2.05, 4.69) is 17.1 Å². The summed E-state index contributed by atoms with van der Waals surface area (Å²) in [6.45, 7) is 4.78. The van der Waals surface area contributed by atoms with Gasteiger partial charge < -0.3 is 15.1 Å². The fraction of sp³-hybridized carbons (Fsp3) is 0.440. The second kappa shape index (κ2) is 10.2. The van der Waals surface area contributed by atoms with Crippen LogP contribution in [0.1, 0.15) is 25.3 Å². The van der Waals surface area contributed by atoms with Gasteiger partial charge in [-0.25, -0.2) is 8.42 Å². The molecule has 2 fully saturated rings. The molecule has 2 aromatic rings. The maximum atomic E-state index is 12.9. The van der Waals surface area contributed by atoms with Gasteiger partial charge >= 0.3 is 0 Å². The van der Waals surface area contributed by atoms with E-state index in [-0.39, 0.29) is 23.1 Å². The summed E-state index contributed by atoms with van der Waals surface area (Å²) in [5.41, 5.74) is 2.54. The van der Waals surface area contributed by atoms with Gasteiger partial charge in [-0.2, -0.15) is 4.31 Å². The summed E-state index contributed by atoms with van der Waals surface area (Å²) in [7, 11) is -1.58. The zero-order chi connectivity index (χ0) is 24.3. The van der Waals surface area contributed by atoms with Crippen molar-refractivity contribution in [3.63, 3.8) is 0 Å². The first-order valence-electron chi connectivity index (χ1n) is 11.8. The summed E-state index contributed by atoms with van der Waals surface area (Å²) >= 11 is 0. The highest BCUT2D eigenvalue weighted by Crippen LogP contribution is 2.27. The number of sulfonamides is 1. The fourth-order valence-corrected chi connectivity index (χ4v) is 5.82. The minimum atomic E-state index is -3.56. The lowest BCUT2D eigenvalue weighted by atomic mass is 10.1. The van der Waals surface area contributed by atoms with Crippen molar-refractivity contribution in [3.05, 3.63) is 54.1 Å². The number of nitrogens with one attached hydrogen (secondary N) is 1. The first-order chi connectivity index (χ1) is 16.3. The molecule has 9 heteroatoms. The van der Waals surface area contributed by atoms with Gasteiger partial charge in [0.2, 0.25) is 21.8 Å². The average Bonchev–Trinajstić information content (AvgIpc) is 3.22. The van der Waals surface area contributed by atoms with Gasteiger partial charge in [0.1, 0.15) is 0 Å². The van der Waals surface area contributed by atoms with Crippen molar-refractivity contribution in [2.75, 3.05) is 50.0 Å². The highest BCUT2D eigenvalue weighted by molar-refractivity contribution is 7.89. The first kappa shape index (κ1) is 24.4. The van der Waals surface area contributed by atoms with Crippen LogP contribution >= 0.6 is 0 Å². The highest BCUT2D eigenvalue weighted by Gasteiger charge is 2.35. The van der Waals surface area contributed by atoms with E-state index < -0.39 is 15.9 Å². The smallest absolute Gasteiger partial charge is 0.243 e. The molecule has 182 valence electrons. The number of hydrogen-bond acceptors (Lipinski definition) is 5. The minimum Gasteiger partial charge on any atom is -0.326 e. The lowest BCUT2D eigenvalue weighted by Gasteiger charge is -2.31. The van der Waals surface area contributed by atoms with Crippen LogP contribution in [0, 0.1) is 5.92 Å². The van der Waals surface area contributed by atoms with Crippen molar-refractivity contribution in [1.82, 2.24) is 9.21 Å². The summed E-state index contributed by atoms with van der Waals surface area (Å²) in [6.07, 6.45) is 2.21. The number of amides is 2. The normalized spacial score (nSPS) is 20.0. The molecule has 0 aromatic heterocycles. The van der Waals surface area contributed by atoms with E-state index in [0.29, 0.717) is 38.4 Å². The molecule has 2 amide bonds. The molecular formula is C25H32N4O4S. The molecular weight excluding hydrogens is 452 g/mol. The van der Waals surface area contributed by atoms with E-state index in [0.717, 1.165) is 18.5 Å². The molecule has 0 aliphatic carbocycles. The third-order valence-corrected chi connectivity index (χ3v) is 8.42. The molecule has 8 nitrogen and oxygen atoms in total. The predicted molar refractivity (Wildman–Crippen MR) is 132 cm³/mol. The van der Waals surface area contributed by atoms with Gasteiger partial charge in [-0.05, 0) is 55.4 Å². The first-order valence-corrected chi connectivity index (χ1v) is 13.2. The Hall–Kier alpha value is -2.75. The van der Waals surface area contributed by atoms with Crippen molar-refractivity contribution in [1.29, 1.82) is 0 Å². The molecule has 2 aromatic carbocycles. The van der Waals surface area contributed by atoms with Crippen LogP contribution < -0.4 is 10.2 Å². The van der Waals surface area contributed by atoms with Crippen molar-refractivity contribution in [3.8, 4) is 0 Å². The zero-order valence-electron chi connectivity index (χ0n) is 19.7. The van der Waals surface area contributed by atoms with E-state index >= 15 is 0 Å². The molecule has 1 atom stereocenters. The van der Waals surface area contributed by atoms with Crippen LogP contribution in [0.5, 0.6) is 0 Å². The summed E-state index contributed by atoms with van der Waals surface area (Å²) in [5.74, 6) is -0.776. The molecule has 2 aliphatic rings. The molecule has 4 rings (SSSR count). The predicted octanol–water partition coefficient (Wildman–Crippen LogP) is 2.57. The number of nitrogens with zero attached hydrogens (tertiary/aromatic N) is 3. The van der Waals surface area contributed by atoms with Crippen molar-refractivity contribution >= 4 is 33.2 Å². The van der Waals surface area contributed by atoms with Crippen LogP contribution in [-0.2, 0) is 26.0 Å². The van der Waals surface area contributed by atoms with Crippen molar-refractivity contribution < 1.29 is 18.0 Å². The molecule has 1 N–H and O–H groups in total. The van der Waals surface area contributed by atoms with Crippen LogP contribution in [-0.4, -0.2) is 69.2 Å². The number of rotatable bonds is 7. The quantitative estimate of drug-likeness (QED) is 0.652. The lowest BCUT2D eigenvalue weighted by molar-refractivity contribution is -0.122. The van der Waals surface area contributed by atoms with Gasteiger partial charge in [0.25, 0.3) is 0 Å². The minimum absolute atomic E-state index is 0.0722. The Labute approximate surface area is 201 Å². The van der Waals surface area contributed by atoms with Crippen LogP contribution in [0.25, 0.3) is 0 Å². The second-order valence-corrected chi connectivity index (χ2v) is 11.0. The standard InChI is InChI=1S/C25H32N4O4S/c1-3-4-19-5-9-22(10-6-19)29-18-20(17-24(29)30)25(31)26-21-7-11-23(12-8-21)34(32,33)28-15-13-27(2)14-16-28/h5-12,20H,3-4,13-18H2,1-2H3,(H,26,31).